The zero-order chi connectivity index (χ0) is 20.4. The molecule has 1 aliphatic rings. The number of thiocarbonyl (C=S) groups is 1. The van der Waals surface area contributed by atoms with E-state index in [1.807, 2.05) is 0 Å². The molecule has 6 nitrogen and oxygen atoms in total. The minimum absolute atomic E-state index is 0.00962. The second-order valence-corrected chi connectivity index (χ2v) is 6.64. The van der Waals surface area contributed by atoms with E-state index in [2.05, 4.69) is 0 Å². The highest BCUT2D eigenvalue weighted by molar-refractivity contribution is 7.80. The average Bonchev–Trinajstić information content (AvgIpc) is 3.15. The number of hydrogen-bond donors (Lipinski definition) is 0. The summed E-state index contributed by atoms with van der Waals surface area (Å²) in [4.78, 5) is 39.5. The van der Waals surface area contributed by atoms with Crippen LogP contribution in [0.25, 0.3) is 17.4 Å². The van der Waals surface area contributed by atoms with Gasteiger partial charge in [0.05, 0.1) is 0 Å². The fourth-order valence-corrected chi connectivity index (χ4v) is 3.40. The number of ketones is 1. The van der Waals surface area contributed by atoms with Crippen molar-refractivity contribution in [1.82, 2.24) is 9.80 Å². The SMILES string of the molecule is CCN1C(=O)C(=Cc2ccc(-c3ccc(C(C)=O)cc3)o2)C(=O)N(CC)C1=S. The lowest BCUT2D eigenvalue weighted by Crippen LogP contribution is -2.55. The second-order valence-electron chi connectivity index (χ2n) is 6.27. The highest BCUT2D eigenvalue weighted by atomic mass is 32.1. The van der Waals surface area contributed by atoms with Crippen LogP contribution >= 0.6 is 12.2 Å². The quantitative estimate of drug-likeness (QED) is 0.335. The minimum Gasteiger partial charge on any atom is -0.457 e. The van der Waals surface area contributed by atoms with Gasteiger partial charge in [0.15, 0.2) is 10.9 Å². The smallest absolute Gasteiger partial charge is 0.265 e. The van der Waals surface area contributed by atoms with Crippen LogP contribution in [0.5, 0.6) is 0 Å². The molecule has 0 radical (unpaired) electrons. The molecule has 2 heterocycles. The third-order valence-corrected chi connectivity index (χ3v) is 4.98. The van der Waals surface area contributed by atoms with Crippen LogP contribution in [0.3, 0.4) is 0 Å². The van der Waals surface area contributed by atoms with Crippen molar-refractivity contribution in [2.45, 2.75) is 20.8 Å². The molecule has 0 N–H and O–H groups in total. The maximum atomic E-state index is 12.7. The number of likely N-dealkylation sites (N-methyl/N-ethyl adjacent to an activating group) is 2. The zero-order valence-corrected chi connectivity index (χ0v) is 16.7. The van der Waals surface area contributed by atoms with E-state index in [0.717, 1.165) is 5.56 Å². The molecule has 28 heavy (non-hydrogen) atoms. The van der Waals surface area contributed by atoms with Crippen LogP contribution in [0.1, 0.15) is 36.9 Å². The molecule has 1 aromatic heterocycles. The number of carbonyl (C=O) groups is 3. The number of nitrogens with zero attached hydrogens (tertiary/aromatic N) is 2. The predicted octanol–water partition coefficient (Wildman–Crippen LogP) is 3.53. The lowest BCUT2D eigenvalue weighted by Gasteiger charge is -2.35. The molecule has 1 fully saturated rings. The Morgan fingerprint density at radius 1 is 1.00 bits per heavy atom. The number of carbonyl (C=O) groups excluding carboxylic acids is 3. The van der Waals surface area contributed by atoms with Gasteiger partial charge in [-0.15, -0.1) is 0 Å². The third-order valence-electron chi connectivity index (χ3n) is 4.53. The van der Waals surface area contributed by atoms with E-state index in [1.54, 1.807) is 50.2 Å². The van der Waals surface area contributed by atoms with Gasteiger partial charge in [0.2, 0.25) is 0 Å². The highest BCUT2D eigenvalue weighted by Crippen LogP contribution is 2.26. The van der Waals surface area contributed by atoms with Gasteiger partial charge in [-0.3, -0.25) is 24.2 Å². The van der Waals surface area contributed by atoms with Crippen LogP contribution in [0, 0.1) is 0 Å². The summed E-state index contributed by atoms with van der Waals surface area (Å²) in [5, 5.41) is 0.225. The summed E-state index contributed by atoms with van der Waals surface area (Å²) in [7, 11) is 0. The van der Waals surface area contributed by atoms with Gasteiger partial charge >= 0.3 is 0 Å². The van der Waals surface area contributed by atoms with Gasteiger partial charge in [0, 0.05) is 24.2 Å². The first-order valence-corrected chi connectivity index (χ1v) is 9.38. The lowest BCUT2D eigenvalue weighted by atomic mass is 10.1. The Kier molecular flexibility index (Phi) is 5.56. The first kappa shape index (κ1) is 19.7. The monoisotopic (exact) mass is 396 g/mol. The summed E-state index contributed by atoms with van der Waals surface area (Å²) >= 11 is 5.25. The normalized spacial score (nSPS) is 14.7. The van der Waals surface area contributed by atoms with Crippen molar-refractivity contribution in [3.63, 3.8) is 0 Å². The topological polar surface area (TPSA) is 70.8 Å². The summed E-state index contributed by atoms with van der Waals surface area (Å²) in [5.74, 6) is 0.108. The highest BCUT2D eigenvalue weighted by Gasteiger charge is 2.38. The first-order valence-electron chi connectivity index (χ1n) is 8.98. The molecule has 0 bridgehead atoms. The Morgan fingerprint density at radius 2 is 1.57 bits per heavy atom. The molecule has 0 aliphatic carbocycles. The van der Waals surface area contributed by atoms with Gasteiger partial charge in [-0.05, 0) is 51.2 Å². The van der Waals surface area contributed by atoms with Crippen molar-refractivity contribution < 1.29 is 18.8 Å². The van der Waals surface area contributed by atoms with E-state index in [0.29, 0.717) is 30.2 Å². The van der Waals surface area contributed by atoms with Crippen LogP contribution < -0.4 is 0 Å². The Morgan fingerprint density at radius 3 is 2.07 bits per heavy atom. The van der Waals surface area contributed by atoms with Crippen LogP contribution in [-0.2, 0) is 9.59 Å². The molecule has 144 valence electrons. The standard InChI is InChI=1S/C21H20N2O4S/c1-4-22-19(25)17(20(26)23(5-2)21(22)28)12-16-10-11-18(27-16)15-8-6-14(7-9-15)13(3)24/h6-12H,4-5H2,1-3H3. The van der Waals surface area contributed by atoms with E-state index in [9.17, 15) is 14.4 Å². The molecule has 0 spiro atoms. The summed E-state index contributed by atoms with van der Waals surface area (Å²) < 4.78 is 5.80. The Balaban J connectivity index is 1.93. The Hall–Kier alpha value is -3.06. The average molecular weight is 396 g/mol. The maximum Gasteiger partial charge on any atom is 0.265 e. The lowest BCUT2D eigenvalue weighted by molar-refractivity contribution is -0.133. The predicted molar refractivity (Wildman–Crippen MR) is 109 cm³/mol. The number of benzene rings is 1. The van der Waals surface area contributed by atoms with Crippen molar-refractivity contribution in [3.8, 4) is 11.3 Å². The summed E-state index contributed by atoms with van der Waals surface area (Å²) in [5.41, 5.74) is 1.43. The van der Waals surface area contributed by atoms with Crippen LogP contribution in [0.15, 0.2) is 46.4 Å². The molecule has 0 saturated carbocycles. The second kappa shape index (κ2) is 7.90. The molecule has 2 aromatic rings. The number of hydrogen-bond acceptors (Lipinski definition) is 5. The summed E-state index contributed by atoms with van der Waals surface area (Å²) in [6.45, 7) is 5.88. The molecule has 7 heteroatoms. The molecule has 2 amide bonds. The summed E-state index contributed by atoms with van der Waals surface area (Å²) in [6, 6.07) is 10.5. The fourth-order valence-electron chi connectivity index (χ4n) is 2.98. The molecular formula is C21H20N2O4S. The molecule has 3 rings (SSSR count). The largest absolute Gasteiger partial charge is 0.457 e. The van der Waals surface area contributed by atoms with E-state index < -0.39 is 11.8 Å². The molecule has 1 aromatic carbocycles. The number of rotatable bonds is 5. The third kappa shape index (κ3) is 3.53. The van der Waals surface area contributed by atoms with E-state index >= 15 is 0 Å². The van der Waals surface area contributed by atoms with Crippen molar-refractivity contribution in [2.24, 2.45) is 0 Å². The van der Waals surface area contributed by atoms with Crippen molar-refractivity contribution in [1.29, 1.82) is 0 Å². The van der Waals surface area contributed by atoms with E-state index in [-0.39, 0.29) is 16.5 Å². The first-order chi connectivity index (χ1) is 13.4. The van der Waals surface area contributed by atoms with Gasteiger partial charge in [-0.1, -0.05) is 24.3 Å². The minimum atomic E-state index is -0.425. The molecule has 1 aliphatic heterocycles. The maximum absolute atomic E-state index is 12.7. The molecule has 0 unspecified atom stereocenters. The van der Waals surface area contributed by atoms with Gasteiger partial charge in [-0.25, -0.2) is 0 Å². The zero-order valence-electron chi connectivity index (χ0n) is 15.9. The van der Waals surface area contributed by atoms with Crippen molar-refractivity contribution in [2.75, 3.05) is 13.1 Å². The molecular weight excluding hydrogens is 376 g/mol. The number of amides is 2. The van der Waals surface area contributed by atoms with Gasteiger partial charge in [-0.2, -0.15) is 0 Å². The van der Waals surface area contributed by atoms with Crippen LogP contribution in [-0.4, -0.2) is 45.6 Å². The van der Waals surface area contributed by atoms with Gasteiger partial charge < -0.3 is 4.42 Å². The van der Waals surface area contributed by atoms with Gasteiger partial charge in [0.1, 0.15) is 17.1 Å². The van der Waals surface area contributed by atoms with Crippen molar-refractivity contribution in [3.05, 3.63) is 53.3 Å². The number of furan rings is 1. The summed E-state index contributed by atoms with van der Waals surface area (Å²) in [6.07, 6.45) is 1.45. The number of Topliss-reactive ketones (excluding diaryl/α,β-unsaturated/α-hetero) is 1. The fraction of sp³-hybridized carbons (Fsp3) is 0.238. The molecule has 0 atom stereocenters. The van der Waals surface area contributed by atoms with E-state index in [1.165, 1.54) is 22.8 Å². The Bertz CT molecular complexity index is 960. The Labute approximate surface area is 168 Å². The van der Waals surface area contributed by atoms with Crippen molar-refractivity contribution >= 4 is 41.0 Å². The van der Waals surface area contributed by atoms with Crippen LogP contribution in [0.2, 0.25) is 0 Å². The molecule has 1 saturated heterocycles. The van der Waals surface area contributed by atoms with E-state index in [4.69, 9.17) is 16.6 Å². The van der Waals surface area contributed by atoms with Gasteiger partial charge in [0.25, 0.3) is 11.8 Å². The van der Waals surface area contributed by atoms with Crippen LogP contribution in [0.4, 0.5) is 0 Å².